The largest absolute Gasteiger partial charge is 0.480 e. The third kappa shape index (κ3) is 4.10. The molecule has 0 aliphatic rings. The number of nitrogens with one attached hydrogen (secondary N) is 1. The SMILES string of the molecule is C=CCN(C)CC(NC)C(=O)O. The molecule has 0 radical (unpaired) electrons. The average molecular weight is 172 g/mol. The second kappa shape index (κ2) is 5.74. The zero-order chi connectivity index (χ0) is 9.56. The van der Waals surface area contributed by atoms with Crippen molar-refractivity contribution in [2.75, 3.05) is 27.2 Å². The zero-order valence-corrected chi connectivity index (χ0v) is 7.58. The fourth-order valence-electron chi connectivity index (χ4n) is 0.899. The van der Waals surface area contributed by atoms with Crippen molar-refractivity contribution in [1.82, 2.24) is 10.2 Å². The minimum atomic E-state index is -0.826. The predicted octanol–water partition coefficient (Wildman–Crippen LogP) is -0.223. The second-order valence-electron chi connectivity index (χ2n) is 2.69. The van der Waals surface area contributed by atoms with Crippen LogP contribution in [0, 0.1) is 0 Å². The van der Waals surface area contributed by atoms with Crippen molar-refractivity contribution in [3.63, 3.8) is 0 Å². The van der Waals surface area contributed by atoms with Crippen molar-refractivity contribution in [3.05, 3.63) is 12.7 Å². The summed E-state index contributed by atoms with van der Waals surface area (Å²) in [4.78, 5) is 12.4. The van der Waals surface area contributed by atoms with Gasteiger partial charge in [0.15, 0.2) is 0 Å². The molecule has 0 aromatic rings. The lowest BCUT2D eigenvalue weighted by atomic mass is 10.3. The molecule has 0 amide bonds. The zero-order valence-electron chi connectivity index (χ0n) is 7.58. The standard InChI is InChI=1S/C8H16N2O2/c1-4-5-10(3)6-7(9-2)8(11)12/h4,7,9H,1,5-6H2,2-3H3,(H,11,12). The number of carboxylic acid groups (broad SMARTS) is 1. The van der Waals surface area contributed by atoms with E-state index in [2.05, 4.69) is 11.9 Å². The fraction of sp³-hybridized carbons (Fsp3) is 0.625. The van der Waals surface area contributed by atoms with Crippen LogP contribution in [-0.2, 0) is 4.79 Å². The topological polar surface area (TPSA) is 52.6 Å². The molecule has 0 aromatic carbocycles. The van der Waals surface area contributed by atoms with Crippen molar-refractivity contribution in [1.29, 1.82) is 0 Å². The van der Waals surface area contributed by atoms with Gasteiger partial charge in [-0.15, -0.1) is 6.58 Å². The second-order valence-corrected chi connectivity index (χ2v) is 2.69. The summed E-state index contributed by atoms with van der Waals surface area (Å²) in [5.41, 5.74) is 0. The molecule has 0 saturated heterocycles. The lowest BCUT2D eigenvalue weighted by Crippen LogP contribution is -2.43. The summed E-state index contributed by atoms with van der Waals surface area (Å²) in [7, 11) is 3.50. The molecule has 1 unspecified atom stereocenters. The van der Waals surface area contributed by atoms with Crippen molar-refractivity contribution in [2.45, 2.75) is 6.04 Å². The van der Waals surface area contributed by atoms with Gasteiger partial charge in [-0.2, -0.15) is 0 Å². The Kier molecular flexibility index (Phi) is 5.32. The number of rotatable bonds is 6. The third-order valence-corrected chi connectivity index (χ3v) is 1.58. The molecule has 0 aliphatic heterocycles. The molecular formula is C8H16N2O2. The molecule has 0 aromatic heterocycles. The van der Waals surface area contributed by atoms with Gasteiger partial charge in [-0.25, -0.2) is 0 Å². The van der Waals surface area contributed by atoms with Crippen LogP contribution in [0.2, 0.25) is 0 Å². The highest BCUT2D eigenvalue weighted by Gasteiger charge is 2.15. The van der Waals surface area contributed by atoms with Gasteiger partial charge >= 0.3 is 5.97 Å². The summed E-state index contributed by atoms with van der Waals surface area (Å²) < 4.78 is 0. The van der Waals surface area contributed by atoms with E-state index in [1.54, 1.807) is 13.1 Å². The third-order valence-electron chi connectivity index (χ3n) is 1.58. The first-order valence-electron chi connectivity index (χ1n) is 3.81. The van der Waals surface area contributed by atoms with Crippen LogP contribution in [0.4, 0.5) is 0 Å². The van der Waals surface area contributed by atoms with E-state index in [0.29, 0.717) is 13.1 Å². The van der Waals surface area contributed by atoms with E-state index in [1.807, 2.05) is 11.9 Å². The first-order chi connectivity index (χ1) is 5.61. The first-order valence-corrected chi connectivity index (χ1v) is 3.81. The summed E-state index contributed by atoms with van der Waals surface area (Å²) >= 11 is 0. The summed E-state index contributed by atoms with van der Waals surface area (Å²) in [6.45, 7) is 4.75. The van der Waals surface area contributed by atoms with E-state index in [1.165, 1.54) is 0 Å². The number of hydrogen-bond donors (Lipinski definition) is 2. The van der Waals surface area contributed by atoms with Crippen molar-refractivity contribution >= 4 is 5.97 Å². The van der Waals surface area contributed by atoms with Crippen molar-refractivity contribution < 1.29 is 9.90 Å². The number of likely N-dealkylation sites (N-methyl/N-ethyl adjacent to an activating group) is 2. The maximum atomic E-state index is 10.6. The van der Waals surface area contributed by atoms with Gasteiger partial charge in [-0.05, 0) is 14.1 Å². The monoisotopic (exact) mass is 172 g/mol. The van der Waals surface area contributed by atoms with Crippen molar-refractivity contribution in [3.8, 4) is 0 Å². The molecule has 0 spiro atoms. The highest BCUT2D eigenvalue weighted by molar-refractivity contribution is 5.73. The number of nitrogens with zero attached hydrogens (tertiary/aromatic N) is 1. The summed E-state index contributed by atoms with van der Waals surface area (Å²) in [6.07, 6.45) is 1.74. The first kappa shape index (κ1) is 11.1. The summed E-state index contributed by atoms with van der Waals surface area (Å²) in [5.74, 6) is -0.826. The van der Waals surface area contributed by atoms with E-state index < -0.39 is 12.0 Å². The Labute approximate surface area is 72.9 Å². The molecule has 12 heavy (non-hydrogen) atoms. The van der Waals surface area contributed by atoms with Crippen LogP contribution in [0.25, 0.3) is 0 Å². The lowest BCUT2D eigenvalue weighted by Gasteiger charge is -2.19. The molecule has 0 heterocycles. The molecule has 0 bridgehead atoms. The van der Waals surface area contributed by atoms with Crippen LogP contribution >= 0.6 is 0 Å². The summed E-state index contributed by atoms with van der Waals surface area (Å²) in [6, 6.07) is -0.505. The Balaban J connectivity index is 3.84. The Bertz CT molecular complexity index is 159. The van der Waals surface area contributed by atoms with E-state index in [0.717, 1.165) is 0 Å². The van der Waals surface area contributed by atoms with Crippen molar-refractivity contribution in [2.24, 2.45) is 0 Å². The molecule has 0 aliphatic carbocycles. The van der Waals surface area contributed by atoms with E-state index in [-0.39, 0.29) is 0 Å². The fourth-order valence-corrected chi connectivity index (χ4v) is 0.899. The van der Waals surface area contributed by atoms with E-state index >= 15 is 0 Å². The van der Waals surface area contributed by atoms with Gasteiger partial charge in [0, 0.05) is 13.1 Å². The van der Waals surface area contributed by atoms with Crippen LogP contribution in [0.3, 0.4) is 0 Å². The number of carboxylic acids is 1. The normalized spacial score (nSPS) is 12.9. The smallest absolute Gasteiger partial charge is 0.322 e. The molecule has 70 valence electrons. The molecule has 4 heteroatoms. The number of carbonyl (C=O) groups is 1. The van der Waals surface area contributed by atoms with Gasteiger partial charge in [0.2, 0.25) is 0 Å². The molecule has 0 fully saturated rings. The molecule has 2 N–H and O–H groups in total. The minimum absolute atomic E-state index is 0.484. The Hall–Kier alpha value is -0.870. The Morgan fingerprint density at radius 1 is 1.83 bits per heavy atom. The van der Waals surface area contributed by atoms with Crippen LogP contribution < -0.4 is 5.32 Å². The molecule has 4 nitrogen and oxygen atoms in total. The minimum Gasteiger partial charge on any atom is -0.480 e. The molecule has 0 saturated carbocycles. The van der Waals surface area contributed by atoms with E-state index in [4.69, 9.17) is 5.11 Å². The Morgan fingerprint density at radius 2 is 2.42 bits per heavy atom. The maximum absolute atomic E-state index is 10.6. The highest BCUT2D eigenvalue weighted by atomic mass is 16.4. The van der Waals surface area contributed by atoms with Gasteiger partial charge < -0.3 is 15.3 Å². The number of aliphatic carboxylic acids is 1. The van der Waals surface area contributed by atoms with Crippen LogP contribution in [0.15, 0.2) is 12.7 Å². The summed E-state index contributed by atoms with van der Waals surface area (Å²) in [5, 5.41) is 11.4. The average Bonchev–Trinajstić information content (AvgIpc) is 2.00. The van der Waals surface area contributed by atoms with Gasteiger partial charge in [-0.1, -0.05) is 6.08 Å². The Morgan fingerprint density at radius 3 is 2.75 bits per heavy atom. The van der Waals surface area contributed by atoms with Gasteiger partial charge in [0.05, 0.1) is 0 Å². The van der Waals surface area contributed by atoms with Gasteiger partial charge in [0.1, 0.15) is 6.04 Å². The lowest BCUT2D eigenvalue weighted by molar-refractivity contribution is -0.139. The van der Waals surface area contributed by atoms with E-state index in [9.17, 15) is 4.79 Å². The molecular weight excluding hydrogens is 156 g/mol. The quantitative estimate of drug-likeness (QED) is 0.544. The highest BCUT2D eigenvalue weighted by Crippen LogP contribution is 1.89. The van der Waals surface area contributed by atoms with Crippen LogP contribution in [-0.4, -0.2) is 49.2 Å². The molecule has 0 rings (SSSR count). The number of hydrogen-bond acceptors (Lipinski definition) is 3. The predicted molar refractivity (Wildman–Crippen MR) is 48.2 cm³/mol. The van der Waals surface area contributed by atoms with Gasteiger partial charge in [0.25, 0.3) is 0 Å². The molecule has 1 atom stereocenters. The maximum Gasteiger partial charge on any atom is 0.322 e. The van der Waals surface area contributed by atoms with Gasteiger partial charge in [-0.3, -0.25) is 4.79 Å². The van der Waals surface area contributed by atoms with Crippen LogP contribution in [0.5, 0.6) is 0 Å². The van der Waals surface area contributed by atoms with Crippen LogP contribution in [0.1, 0.15) is 0 Å².